The molecule has 0 aliphatic rings. The minimum Gasteiger partial charge on any atom is -0.268 e. The number of fused-ring (bicyclic) bond motifs is 1. The molecule has 3 rings (SSSR count). The molecular formula is C15H9ClFIN2O. The monoisotopic (exact) mass is 414 g/mol. The first-order chi connectivity index (χ1) is 9.97. The molecule has 0 aliphatic carbocycles. The Morgan fingerprint density at radius 2 is 2.00 bits per heavy atom. The quantitative estimate of drug-likeness (QED) is 0.444. The highest BCUT2D eigenvalue weighted by Gasteiger charge is 2.14. The molecule has 0 unspecified atom stereocenters. The van der Waals surface area contributed by atoms with E-state index < -0.39 is 5.82 Å². The number of halogens is 3. The van der Waals surface area contributed by atoms with E-state index in [0.29, 0.717) is 10.9 Å². The van der Waals surface area contributed by atoms with E-state index in [1.54, 1.807) is 25.1 Å². The van der Waals surface area contributed by atoms with Gasteiger partial charge in [-0.1, -0.05) is 6.07 Å². The molecule has 1 heterocycles. The lowest BCUT2D eigenvalue weighted by Gasteiger charge is -2.11. The zero-order valence-corrected chi connectivity index (χ0v) is 13.8. The first-order valence-electron chi connectivity index (χ1n) is 6.12. The summed E-state index contributed by atoms with van der Waals surface area (Å²) >= 11 is 8.19. The van der Waals surface area contributed by atoms with Crippen molar-refractivity contribution in [1.29, 1.82) is 0 Å². The Labute approximate surface area is 138 Å². The van der Waals surface area contributed by atoms with Gasteiger partial charge < -0.3 is 0 Å². The Morgan fingerprint density at radius 3 is 2.71 bits per heavy atom. The number of nitrogens with zero attached hydrogens (tertiary/aromatic N) is 2. The lowest BCUT2D eigenvalue weighted by Crippen LogP contribution is -2.21. The van der Waals surface area contributed by atoms with Crippen LogP contribution in [0, 0.1) is 16.3 Å². The molecular weight excluding hydrogens is 406 g/mol. The maximum Gasteiger partial charge on any atom is 0.267 e. The fraction of sp³-hybridized carbons (Fsp3) is 0.0667. The van der Waals surface area contributed by atoms with Crippen molar-refractivity contribution in [3.05, 3.63) is 67.0 Å². The Balaban J connectivity index is 2.40. The molecule has 0 bridgehead atoms. The van der Waals surface area contributed by atoms with E-state index in [0.717, 1.165) is 13.7 Å². The third-order valence-corrected chi connectivity index (χ3v) is 4.06. The van der Waals surface area contributed by atoms with Crippen LogP contribution in [0.3, 0.4) is 0 Å². The number of benzene rings is 2. The number of rotatable bonds is 1. The van der Waals surface area contributed by atoms with Crippen LogP contribution in [0.2, 0.25) is 5.28 Å². The molecule has 3 nitrogen and oxygen atoms in total. The predicted octanol–water partition coefficient (Wildman–Crippen LogP) is 4.09. The smallest absolute Gasteiger partial charge is 0.267 e. The van der Waals surface area contributed by atoms with Crippen LogP contribution in [0.1, 0.15) is 5.56 Å². The summed E-state index contributed by atoms with van der Waals surface area (Å²) in [6.07, 6.45) is 0. The van der Waals surface area contributed by atoms with Crippen molar-refractivity contribution >= 4 is 45.1 Å². The van der Waals surface area contributed by atoms with Gasteiger partial charge >= 0.3 is 0 Å². The van der Waals surface area contributed by atoms with Crippen LogP contribution in [0.25, 0.3) is 16.6 Å². The van der Waals surface area contributed by atoms with Crippen molar-refractivity contribution in [2.45, 2.75) is 6.92 Å². The summed E-state index contributed by atoms with van der Waals surface area (Å²) in [5, 5.41) is 0.350. The second-order valence-corrected chi connectivity index (χ2v) is 6.22. The van der Waals surface area contributed by atoms with Crippen LogP contribution in [0.5, 0.6) is 0 Å². The van der Waals surface area contributed by atoms with Gasteiger partial charge in [-0.2, -0.15) is 0 Å². The maximum atomic E-state index is 14.1. The van der Waals surface area contributed by atoms with Crippen molar-refractivity contribution in [3.8, 4) is 5.69 Å². The molecule has 3 aromatic rings. The average molecular weight is 415 g/mol. The molecule has 2 aromatic carbocycles. The van der Waals surface area contributed by atoms with E-state index in [9.17, 15) is 9.18 Å². The van der Waals surface area contributed by atoms with Crippen LogP contribution in [-0.2, 0) is 0 Å². The summed E-state index contributed by atoms with van der Waals surface area (Å²) in [4.78, 5) is 16.8. The lowest BCUT2D eigenvalue weighted by atomic mass is 10.2. The van der Waals surface area contributed by atoms with E-state index in [1.807, 2.05) is 6.07 Å². The van der Waals surface area contributed by atoms with Crippen LogP contribution in [-0.4, -0.2) is 9.55 Å². The summed E-state index contributed by atoms with van der Waals surface area (Å²) in [7, 11) is 0. The van der Waals surface area contributed by atoms with Crippen LogP contribution in [0.4, 0.5) is 4.39 Å². The van der Waals surface area contributed by atoms with Gasteiger partial charge in [-0.3, -0.25) is 4.79 Å². The number of aromatic nitrogens is 2. The van der Waals surface area contributed by atoms with E-state index in [1.165, 1.54) is 12.1 Å². The summed E-state index contributed by atoms with van der Waals surface area (Å²) in [5.74, 6) is -0.509. The Hall–Kier alpha value is -1.47. The first kappa shape index (κ1) is 14.5. The molecule has 0 spiro atoms. The van der Waals surface area contributed by atoms with Crippen molar-refractivity contribution in [2.75, 3.05) is 0 Å². The molecule has 0 saturated heterocycles. The minimum atomic E-state index is -0.509. The highest BCUT2D eigenvalue weighted by atomic mass is 127. The molecule has 1 aromatic heterocycles. The lowest BCUT2D eigenvalue weighted by molar-refractivity contribution is 0.614. The molecule has 0 N–H and O–H groups in total. The zero-order chi connectivity index (χ0) is 15.1. The second kappa shape index (κ2) is 5.38. The molecule has 106 valence electrons. The minimum absolute atomic E-state index is 0.0588. The summed E-state index contributed by atoms with van der Waals surface area (Å²) in [6, 6.07) is 9.88. The van der Waals surface area contributed by atoms with Gasteiger partial charge in [-0.25, -0.2) is 13.9 Å². The molecule has 0 aliphatic heterocycles. The van der Waals surface area contributed by atoms with Gasteiger partial charge in [0.15, 0.2) is 0 Å². The van der Waals surface area contributed by atoms with Crippen LogP contribution in [0.15, 0.2) is 41.2 Å². The van der Waals surface area contributed by atoms with E-state index >= 15 is 0 Å². The van der Waals surface area contributed by atoms with E-state index in [2.05, 4.69) is 27.6 Å². The molecule has 0 amide bonds. The second-order valence-electron chi connectivity index (χ2n) is 4.64. The number of aryl methyl sites for hydroxylation is 1. The van der Waals surface area contributed by atoms with Gasteiger partial charge in [0.05, 0.1) is 16.6 Å². The normalized spacial score (nSPS) is 11.0. The van der Waals surface area contributed by atoms with Gasteiger partial charge in [-0.05, 0) is 77.0 Å². The SMILES string of the molecule is Cc1ccc(-n2c(Cl)nc3ccc(I)cc3c2=O)c(F)c1. The Kier molecular flexibility index (Phi) is 3.71. The topological polar surface area (TPSA) is 34.9 Å². The van der Waals surface area contributed by atoms with Crippen molar-refractivity contribution in [3.63, 3.8) is 0 Å². The average Bonchev–Trinajstić information content (AvgIpc) is 2.42. The fourth-order valence-corrected chi connectivity index (χ4v) is 2.88. The van der Waals surface area contributed by atoms with Gasteiger partial charge in [0.1, 0.15) is 5.82 Å². The number of hydrogen-bond donors (Lipinski definition) is 0. The van der Waals surface area contributed by atoms with Crippen molar-refractivity contribution in [2.24, 2.45) is 0 Å². The third kappa shape index (κ3) is 2.55. The molecule has 6 heteroatoms. The maximum absolute atomic E-state index is 14.1. The highest BCUT2D eigenvalue weighted by molar-refractivity contribution is 14.1. The van der Waals surface area contributed by atoms with Gasteiger partial charge in [0.2, 0.25) is 5.28 Å². The van der Waals surface area contributed by atoms with Crippen LogP contribution >= 0.6 is 34.2 Å². The summed E-state index contributed by atoms with van der Waals surface area (Å²) in [6.45, 7) is 1.78. The zero-order valence-electron chi connectivity index (χ0n) is 10.9. The van der Waals surface area contributed by atoms with E-state index in [4.69, 9.17) is 11.6 Å². The van der Waals surface area contributed by atoms with Crippen LogP contribution < -0.4 is 5.56 Å². The van der Waals surface area contributed by atoms with E-state index in [-0.39, 0.29) is 16.5 Å². The Morgan fingerprint density at radius 1 is 1.24 bits per heavy atom. The van der Waals surface area contributed by atoms with Crippen molar-refractivity contribution < 1.29 is 4.39 Å². The summed E-state index contributed by atoms with van der Waals surface area (Å²) < 4.78 is 16.1. The number of hydrogen-bond acceptors (Lipinski definition) is 2. The molecule has 0 saturated carbocycles. The molecule has 0 radical (unpaired) electrons. The third-order valence-electron chi connectivity index (χ3n) is 3.13. The standard InChI is InChI=1S/C15H9ClFIN2O/c1-8-2-5-13(11(17)6-8)20-14(21)10-7-9(18)3-4-12(10)19-15(20)16/h2-7H,1H3. The predicted molar refractivity (Wildman–Crippen MR) is 89.8 cm³/mol. The fourth-order valence-electron chi connectivity index (χ4n) is 2.13. The van der Waals surface area contributed by atoms with Gasteiger partial charge in [0, 0.05) is 3.57 Å². The summed E-state index contributed by atoms with van der Waals surface area (Å²) in [5.41, 5.74) is 0.980. The van der Waals surface area contributed by atoms with Gasteiger partial charge in [-0.15, -0.1) is 0 Å². The van der Waals surface area contributed by atoms with Gasteiger partial charge in [0.25, 0.3) is 5.56 Å². The first-order valence-corrected chi connectivity index (χ1v) is 7.57. The molecule has 0 atom stereocenters. The Bertz CT molecular complexity index is 923. The molecule has 0 fully saturated rings. The largest absolute Gasteiger partial charge is 0.268 e. The highest BCUT2D eigenvalue weighted by Crippen LogP contribution is 2.20. The van der Waals surface area contributed by atoms with Crippen molar-refractivity contribution in [1.82, 2.24) is 9.55 Å². The molecule has 21 heavy (non-hydrogen) atoms.